The highest BCUT2D eigenvalue weighted by atomic mass is 15.3. The van der Waals surface area contributed by atoms with Crippen LogP contribution in [0.1, 0.15) is 0 Å². The highest BCUT2D eigenvalue weighted by Gasteiger charge is 2.08. The molecular formula is C16H11N7. The lowest BCUT2D eigenvalue weighted by molar-refractivity contribution is 0.880. The molecule has 0 unspecified atom stereocenters. The Balaban J connectivity index is 1.77. The van der Waals surface area contributed by atoms with E-state index in [0.29, 0.717) is 0 Å². The van der Waals surface area contributed by atoms with Crippen molar-refractivity contribution in [2.75, 3.05) is 0 Å². The van der Waals surface area contributed by atoms with Crippen LogP contribution in [0, 0.1) is 0 Å². The van der Waals surface area contributed by atoms with Crippen LogP contribution >= 0.6 is 0 Å². The van der Waals surface area contributed by atoms with Crippen molar-refractivity contribution in [3.05, 3.63) is 61.7 Å². The molecule has 2 aromatic carbocycles. The summed E-state index contributed by atoms with van der Waals surface area (Å²) in [6, 6.07) is 12.4. The highest BCUT2D eigenvalue weighted by Crippen LogP contribution is 2.28. The van der Waals surface area contributed by atoms with E-state index in [1.807, 2.05) is 12.1 Å². The summed E-state index contributed by atoms with van der Waals surface area (Å²) in [5.41, 5.74) is 4.11. The van der Waals surface area contributed by atoms with Gasteiger partial charge in [-0.1, -0.05) is 0 Å². The summed E-state index contributed by atoms with van der Waals surface area (Å²) in [5.74, 6) is 0. The third kappa shape index (κ3) is 1.83. The van der Waals surface area contributed by atoms with Crippen LogP contribution in [0.3, 0.4) is 0 Å². The summed E-state index contributed by atoms with van der Waals surface area (Å²) >= 11 is 0. The Morgan fingerprint density at radius 2 is 1.22 bits per heavy atom. The van der Waals surface area contributed by atoms with Gasteiger partial charge in [0.2, 0.25) is 0 Å². The van der Waals surface area contributed by atoms with Crippen LogP contribution in [-0.2, 0) is 0 Å². The fourth-order valence-electron chi connectivity index (χ4n) is 2.84. The number of benzene rings is 2. The van der Waals surface area contributed by atoms with E-state index in [4.69, 9.17) is 0 Å². The van der Waals surface area contributed by atoms with Gasteiger partial charge in [-0.15, -0.1) is 0 Å². The molecule has 3 heterocycles. The van der Waals surface area contributed by atoms with Crippen molar-refractivity contribution < 1.29 is 0 Å². The lowest BCUT2D eigenvalue weighted by Gasteiger charge is -2.02. The van der Waals surface area contributed by atoms with Crippen molar-refractivity contribution in [3.8, 4) is 11.4 Å². The number of nitrogens with one attached hydrogen (secondary N) is 1. The molecule has 110 valence electrons. The van der Waals surface area contributed by atoms with Crippen molar-refractivity contribution in [2.24, 2.45) is 0 Å². The van der Waals surface area contributed by atoms with Crippen LogP contribution in [0.25, 0.3) is 33.2 Å². The van der Waals surface area contributed by atoms with Gasteiger partial charge in [-0.05, 0) is 36.4 Å². The van der Waals surface area contributed by atoms with Crippen LogP contribution in [-0.4, -0.2) is 34.5 Å². The molecule has 0 radical (unpaired) electrons. The molecule has 7 heteroatoms. The SMILES string of the molecule is c1ncn(-c2ccc3[nH]c4ccc(-n5cncn5)cc4c3c2)n1. The maximum absolute atomic E-state index is 4.19. The average molecular weight is 301 g/mol. The zero-order valence-electron chi connectivity index (χ0n) is 12.0. The number of H-pyrrole nitrogens is 1. The zero-order chi connectivity index (χ0) is 15.2. The van der Waals surface area contributed by atoms with Crippen molar-refractivity contribution in [1.29, 1.82) is 0 Å². The van der Waals surface area contributed by atoms with Gasteiger partial charge in [0.05, 0.1) is 11.4 Å². The number of aromatic nitrogens is 7. The van der Waals surface area contributed by atoms with Crippen LogP contribution < -0.4 is 0 Å². The topological polar surface area (TPSA) is 77.2 Å². The molecule has 0 bridgehead atoms. The van der Waals surface area contributed by atoms with E-state index in [-0.39, 0.29) is 0 Å². The van der Waals surface area contributed by atoms with Crippen LogP contribution in [0.5, 0.6) is 0 Å². The predicted molar refractivity (Wildman–Crippen MR) is 85.6 cm³/mol. The molecule has 0 aliphatic rings. The molecule has 0 aliphatic heterocycles. The molecule has 3 aromatic heterocycles. The van der Waals surface area contributed by atoms with Crippen LogP contribution in [0.15, 0.2) is 61.7 Å². The second-order valence-electron chi connectivity index (χ2n) is 5.26. The van der Waals surface area contributed by atoms with Crippen molar-refractivity contribution in [3.63, 3.8) is 0 Å². The van der Waals surface area contributed by atoms with Crippen molar-refractivity contribution >= 4 is 21.8 Å². The summed E-state index contributed by atoms with van der Waals surface area (Å²) in [4.78, 5) is 11.4. The van der Waals surface area contributed by atoms with Gasteiger partial charge in [0.1, 0.15) is 25.3 Å². The molecule has 5 aromatic rings. The van der Waals surface area contributed by atoms with Gasteiger partial charge in [-0.2, -0.15) is 10.2 Å². The molecule has 0 fully saturated rings. The molecule has 0 amide bonds. The van der Waals surface area contributed by atoms with Crippen LogP contribution in [0.2, 0.25) is 0 Å². The molecule has 5 rings (SSSR count). The first kappa shape index (κ1) is 12.1. The van der Waals surface area contributed by atoms with Crippen LogP contribution in [0.4, 0.5) is 0 Å². The lowest BCUT2D eigenvalue weighted by Crippen LogP contribution is -1.94. The Morgan fingerprint density at radius 1 is 0.696 bits per heavy atom. The zero-order valence-corrected chi connectivity index (χ0v) is 12.0. The van der Waals surface area contributed by atoms with Crippen molar-refractivity contribution in [2.45, 2.75) is 0 Å². The van der Waals surface area contributed by atoms with E-state index < -0.39 is 0 Å². The normalized spacial score (nSPS) is 11.5. The third-order valence-electron chi connectivity index (χ3n) is 3.93. The first-order valence-corrected chi connectivity index (χ1v) is 7.14. The fourth-order valence-corrected chi connectivity index (χ4v) is 2.84. The summed E-state index contributed by atoms with van der Waals surface area (Å²) in [6.45, 7) is 0. The van der Waals surface area contributed by atoms with Crippen molar-refractivity contribution in [1.82, 2.24) is 34.5 Å². The summed E-state index contributed by atoms with van der Waals surface area (Å²) in [6.07, 6.45) is 6.44. The summed E-state index contributed by atoms with van der Waals surface area (Å²) in [5, 5.41) is 10.6. The number of hydrogen-bond acceptors (Lipinski definition) is 4. The number of hydrogen-bond donors (Lipinski definition) is 1. The second-order valence-corrected chi connectivity index (χ2v) is 5.26. The Hall–Kier alpha value is -3.48. The van der Waals surface area contributed by atoms with E-state index in [1.54, 1.807) is 22.0 Å². The van der Waals surface area contributed by atoms with E-state index >= 15 is 0 Å². The predicted octanol–water partition coefficient (Wildman–Crippen LogP) is 2.48. The fraction of sp³-hybridized carbons (Fsp3) is 0. The monoisotopic (exact) mass is 301 g/mol. The maximum atomic E-state index is 4.19. The van der Waals surface area contributed by atoms with Gasteiger partial charge >= 0.3 is 0 Å². The molecule has 1 N–H and O–H groups in total. The molecular weight excluding hydrogens is 290 g/mol. The quantitative estimate of drug-likeness (QED) is 0.543. The molecule has 23 heavy (non-hydrogen) atoms. The lowest BCUT2D eigenvalue weighted by atomic mass is 10.1. The molecule has 0 aliphatic carbocycles. The van der Waals surface area contributed by atoms with Gasteiger partial charge in [0.15, 0.2) is 0 Å². The Morgan fingerprint density at radius 3 is 1.65 bits per heavy atom. The number of nitrogens with zero attached hydrogens (tertiary/aromatic N) is 6. The van der Waals surface area contributed by atoms with E-state index in [0.717, 1.165) is 33.2 Å². The molecule has 0 atom stereocenters. The first-order valence-electron chi connectivity index (χ1n) is 7.14. The van der Waals surface area contributed by atoms with Gasteiger partial charge in [-0.3, -0.25) is 0 Å². The molecule has 0 saturated heterocycles. The smallest absolute Gasteiger partial charge is 0.138 e. The van der Waals surface area contributed by atoms with Gasteiger partial charge in [-0.25, -0.2) is 19.3 Å². The van der Waals surface area contributed by atoms with Gasteiger partial charge in [0.25, 0.3) is 0 Å². The average Bonchev–Trinajstić information content (AvgIpc) is 3.33. The third-order valence-corrected chi connectivity index (χ3v) is 3.93. The Kier molecular flexibility index (Phi) is 2.37. The standard InChI is InChI=1S/C16H11N7/c1-3-15-13(5-11(1)22-9-17-7-19-22)14-6-12(2-4-16(14)21-15)23-10-18-8-20-23/h1-10,21H. The first-order chi connectivity index (χ1) is 11.4. The van der Waals surface area contributed by atoms with Gasteiger partial charge in [0, 0.05) is 21.8 Å². The number of rotatable bonds is 2. The van der Waals surface area contributed by atoms with E-state index in [1.165, 1.54) is 12.7 Å². The largest absolute Gasteiger partial charge is 0.355 e. The molecule has 7 nitrogen and oxygen atoms in total. The maximum Gasteiger partial charge on any atom is 0.138 e. The minimum absolute atomic E-state index is 0.974. The Labute approximate surface area is 130 Å². The summed E-state index contributed by atoms with van der Waals surface area (Å²) < 4.78 is 3.50. The molecule has 0 saturated carbocycles. The Bertz CT molecular complexity index is 1020. The number of aromatic amines is 1. The van der Waals surface area contributed by atoms with E-state index in [9.17, 15) is 0 Å². The summed E-state index contributed by atoms with van der Waals surface area (Å²) in [7, 11) is 0. The minimum Gasteiger partial charge on any atom is -0.355 e. The van der Waals surface area contributed by atoms with Gasteiger partial charge < -0.3 is 4.98 Å². The number of fused-ring (bicyclic) bond motifs is 3. The molecule has 0 spiro atoms. The highest BCUT2D eigenvalue weighted by molar-refractivity contribution is 6.08. The minimum atomic E-state index is 0.974. The van der Waals surface area contributed by atoms with E-state index in [2.05, 4.69) is 49.4 Å². The second kappa shape index (κ2) is 4.51.